The second kappa shape index (κ2) is 6.19. The van der Waals surface area contributed by atoms with E-state index in [1.54, 1.807) is 6.07 Å². The predicted molar refractivity (Wildman–Crippen MR) is 75.1 cm³/mol. The van der Waals surface area contributed by atoms with Gasteiger partial charge in [0, 0.05) is 16.6 Å². The Kier molecular flexibility index (Phi) is 4.58. The molecular formula is C14H16BrNO3. The summed E-state index contributed by atoms with van der Waals surface area (Å²) in [7, 11) is 0. The number of hydrogen-bond donors (Lipinski definition) is 0. The molecule has 19 heavy (non-hydrogen) atoms. The molecule has 1 aliphatic rings. The molecule has 0 saturated heterocycles. The summed E-state index contributed by atoms with van der Waals surface area (Å²) in [4.78, 5) is 25.2. The fourth-order valence-electron chi connectivity index (χ4n) is 2.01. The Morgan fingerprint density at radius 1 is 1.47 bits per heavy atom. The summed E-state index contributed by atoms with van der Waals surface area (Å²) < 4.78 is 6.03. The minimum absolute atomic E-state index is 0.268. The number of ether oxygens (including phenoxy) is 1. The van der Waals surface area contributed by atoms with Gasteiger partial charge in [0.2, 0.25) is 0 Å². The highest BCUT2D eigenvalue weighted by atomic mass is 79.9. The molecule has 0 atom stereocenters. The maximum absolute atomic E-state index is 12.2. The van der Waals surface area contributed by atoms with Crippen molar-refractivity contribution in [2.45, 2.75) is 26.2 Å². The van der Waals surface area contributed by atoms with Crippen LogP contribution in [0.15, 0.2) is 22.7 Å². The first-order valence-corrected chi connectivity index (χ1v) is 7.20. The van der Waals surface area contributed by atoms with E-state index in [1.807, 2.05) is 19.1 Å². The number of fused-ring (bicyclic) bond motifs is 1. The Morgan fingerprint density at radius 2 is 2.26 bits per heavy atom. The second-order valence-electron chi connectivity index (χ2n) is 4.48. The van der Waals surface area contributed by atoms with Crippen molar-refractivity contribution in [2.75, 3.05) is 13.2 Å². The Hall–Kier alpha value is -1.36. The lowest BCUT2D eigenvalue weighted by Crippen LogP contribution is -2.42. The zero-order valence-electron chi connectivity index (χ0n) is 10.8. The number of unbranched alkanes of at least 4 members (excludes halogenated alkanes) is 1. The number of nitrogens with zero attached hydrogens (tertiary/aromatic N) is 1. The van der Waals surface area contributed by atoms with Crippen LogP contribution in [0, 0.1) is 0 Å². The summed E-state index contributed by atoms with van der Waals surface area (Å²) in [5.41, 5.74) is 1.55. The van der Waals surface area contributed by atoms with Crippen LogP contribution in [-0.4, -0.2) is 30.1 Å². The minimum Gasteiger partial charge on any atom is -0.449 e. The molecule has 102 valence electrons. The van der Waals surface area contributed by atoms with E-state index in [9.17, 15) is 9.59 Å². The van der Waals surface area contributed by atoms with Crippen molar-refractivity contribution in [3.05, 3.63) is 33.8 Å². The van der Waals surface area contributed by atoms with Crippen LogP contribution in [0.2, 0.25) is 0 Å². The number of halogens is 1. The number of carbonyl (C=O) groups excluding carboxylic acids is 2. The molecule has 0 unspecified atom stereocenters. The number of imide groups is 1. The second-order valence-corrected chi connectivity index (χ2v) is 5.39. The molecule has 0 fully saturated rings. The maximum atomic E-state index is 12.2. The molecule has 1 aromatic rings. The Bertz CT molecular complexity index is 501. The number of carbonyl (C=O) groups is 2. The van der Waals surface area contributed by atoms with Gasteiger partial charge in [-0.25, -0.2) is 9.69 Å². The highest BCUT2D eigenvalue weighted by Gasteiger charge is 2.29. The third-order valence-corrected chi connectivity index (χ3v) is 3.58. The number of hydrogen-bond acceptors (Lipinski definition) is 3. The first-order chi connectivity index (χ1) is 9.13. The Balaban J connectivity index is 2.08. The van der Waals surface area contributed by atoms with E-state index in [4.69, 9.17) is 4.74 Å². The normalized spacial score (nSPS) is 14.2. The smallest absolute Gasteiger partial charge is 0.416 e. The van der Waals surface area contributed by atoms with Crippen molar-refractivity contribution in [1.82, 2.24) is 4.90 Å². The van der Waals surface area contributed by atoms with Crippen LogP contribution in [0.5, 0.6) is 0 Å². The van der Waals surface area contributed by atoms with Crippen LogP contribution in [0.25, 0.3) is 0 Å². The van der Waals surface area contributed by atoms with E-state index in [1.165, 1.54) is 4.90 Å². The van der Waals surface area contributed by atoms with Gasteiger partial charge in [-0.3, -0.25) is 4.79 Å². The number of amides is 2. The fourth-order valence-corrected chi connectivity index (χ4v) is 2.42. The summed E-state index contributed by atoms with van der Waals surface area (Å²) in [6.45, 7) is 2.77. The molecule has 0 N–H and O–H groups in total. The third kappa shape index (κ3) is 3.15. The van der Waals surface area contributed by atoms with Gasteiger partial charge in [-0.15, -0.1) is 0 Å². The van der Waals surface area contributed by atoms with E-state index in [0.29, 0.717) is 25.1 Å². The maximum Gasteiger partial charge on any atom is 0.416 e. The van der Waals surface area contributed by atoms with Crippen LogP contribution < -0.4 is 0 Å². The van der Waals surface area contributed by atoms with Crippen LogP contribution >= 0.6 is 15.9 Å². The zero-order chi connectivity index (χ0) is 13.8. The minimum atomic E-state index is -0.535. The van der Waals surface area contributed by atoms with Crippen molar-refractivity contribution in [3.8, 4) is 0 Å². The number of benzene rings is 1. The highest BCUT2D eigenvalue weighted by molar-refractivity contribution is 9.10. The summed E-state index contributed by atoms with van der Waals surface area (Å²) in [6, 6.07) is 5.48. The average Bonchev–Trinajstić information content (AvgIpc) is 2.39. The summed E-state index contributed by atoms with van der Waals surface area (Å²) >= 11 is 3.38. The van der Waals surface area contributed by atoms with Gasteiger partial charge in [0.1, 0.15) is 0 Å². The zero-order valence-corrected chi connectivity index (χ0v) is 12.4. The van der Waals surface area contributed by atoms with Crippen LogP contribution in [0.1, 0.15) is 35.7 Å². The van der Waals surface area contributed by atoms with Gasteiger partial charge in [0.15, 0.2) is 0 Å². The van der Waals surface area contributed by atoms with Gasteiger partial charge >= 0.3 is 6.09 Å². The van der Waals surface area contributed by atoms with Crippen molar-refractivity contribution >= 4 is 27.9 Å². The molecule has 1 aromatic carbocycles. The highest BCUT2D eigenvalue weighted by Crippen LogP contribution is 2.23. The molecule has 2 amide bonds. The quantitative estimate of drug-likeness (QED) is 0.800. The monoisotopic (exact) mass is 325 g/mol. The van der Waals surface area contributed by atoms with Gasteiger partial charge in [-0.05, 0) is 36.6 Å². The lowest BCUT2D eigenvalue weighted by molar-refractivity contribution is 0.0643. The Morgan fingerprint density at radius 3 is 3.00 bits per heavy atom. The molecule has 0 radical (unpaired) electrons. The van der Waals surface area contributed by atoms with E-state index in [2.05, 4.69) is 15.9 Å². The van der Waals surface area contributed by atoms with Crippen molar-refractivity contribution in [1.29, 1.82) is 0 Å². The molecule has 1 heterocycles. The largest absolute Gasteiger partial charge is 0.449 e. The van der Waals surface area contributed by atoms with E-state index in [0.717, 1.165) is 22.9 Å². The van der Waals surface area contributed by atoms with Gasteiger partial charge in [0.05, 0.1) is 6.61 Å². The van der Waals surface area contributed by atoms with Crippen molar-refractivity contribution in [3.63, 3.8) is 0 Å². The fraction of sp³-hybridized carbons (Fsp3) is 0.429. The summed E-state index contributed by atoms with van der Waals surface area (Å²) in [5, 5.41) is 0. The topological polar surface area (TPSA) is 46.6 Å². The molecule has 2 rings (SSSR count). The first kappa shape index (κ1) is 14.1. The molecule has 0 spiro atoms. The lowest BCUT2D eigenvalue weighted by Gasteiger charge is -2.26. The van der Waals surface area contributed by atoms with E-state index < -0.39 is 6.09 Å². The molecular weight excluding hydrogens is 310 g/mol. The van der Waals surface area contributed by atoms with E-state index >= 15 is 0 Å². The SMILES string of the molecule is CCCCOC(=O)N1CCc2cc(Br)ccc2C1=O. The summed E-state index contributed by atoms with van der Waals surface area (Å²) in [6.07, 6.45) is 1.91. The first-order valence-electron chi connectivity index (χ1n) is 6.40. The van der Waals surface area contributed by atoms with Crippen LogP contribution in [-0.2, 0) is 11.2 Å². The van der Waals surface area contributed by atoms with Gasteiger partial charge in [-0.2, -0.15) is 0 Å². The Labute approximate surface area is 120 Å². The molecule has 1 aliphatic heterocycles. The van der Waals surface area contributed by atoms with E-state index in [-0.39, 0.29) is 5.91 Å². The van der Waals surface area contributed by atoms with Crippen LogP contribution in [0.3, 0.4) is 0 Å². The van der Waals surface area contributed by atoms with Gasteiger partial charge in [-0.1, -0.05) is 29.3 Å². The summed E-state index contributed by atoms with van der Waals surface area (Å²) in [5.74, 6) is -0.268. The molecule has 4 nitrogen and oxygen atoms in total. The van der Waals surface area contributed by atoms with Crippen LogP contribution in [0.4, 0.5) is 4.79 Å². The number of rotatable bonds is 3. The van der Waals surface area contributed by atoms with Crippen molar-refractivity contribution in [2.24, 2.45) is 0 Å². The molecule has 0 aliphatic carbocycles. The molecule has 0 bridgehead atoms. The third-order valence-electron chi connectivity index (χ3n) is 3.09. The van der Waals surface area contributed by atoms with Crippen molar-refractivity contribution < 1.29 is 14.3 Å². The molecule has 0 saturated carbocycles. The average molecular weight is 326 g/mol. The molecule has 5 heteroatoms. The molecule has 0 aromatic heterocycles. The standard InChI is InChI=1S/C14H16BrNO3/c1-2-3-8-19-14(18)16-7-6-10-9-11(15)4-5-12(10)13(16)17/h4-5,9H,2-3,6-8H2,1H3. The lowest BCUT2D eigenvalue weighted by atomic mass is 9.99. The van der Waals surface area contributed by atoms with Gasteiger partial charge in [0.25, 0.3) is 5.91 Å². The van der Waals surface area contributed by atoms with Gasteiger partial charge < -0.3 is 4.74 Å². The predicted octanol–water partition coefficient (Wildman–Crippen LogP) is 3.38.